The summed E-state index contributed by atoms with van der Waals surface area (Å²) < 4.78 is 0. The normalized spacial score (nSPS) is 11.6. The van der Waals surface area contributed by atoms with Gasteiger partial charge in [-0.25, -0.2) is 0 Å². The van der Waals surface area contributed by atoms with Gasteiger partial charge in [-0.05, 0) is 53.6 Å². The Kier molecular flexibility index (Phi) is 10.4. The summed E-state index contributed by atoms with van der Waals surface area (Å²) >= 11 is 6.23. The summed E-state index contributed by atoms with van der Waals surface area (Å²) in [5.41, 5.74) is 4.31. The maximum atomic E-state index is 13.7. The number of amides is 2. The molecule has 0 aliphatic heterocycles. The summed E-state index contributed by atoms with van der Waals surface area (Å²) in [6, 6.07) is 25.1. The Morgan fingerprint density at radius 3 is 2.20 bits per heavy atom. The van der Waals surface area contributed by atoms with E-state index in [9.17, 15) is 9.59 Å². The minimum absolute atomic E-state index is 0.0443. The molecule has 0 fully saturated rings. The summed E-state index contributed by atoms with van der Waals surface area (Å²) in [6.07, 6.45) is 3.23. The first-order chi connectivity index (χ1) is 17.0. The molecule has 184 valence electrons. The summed E-state index contributed by atoms with van der Waals surface area (Å²) in [5, 5.41) is 3.62. The Hall–Kier alpha value is -3.11. The molecule has 5 heteroatoms. The van der Waals surface area contributed by atoms with E-state index in [0.29, 0.717) is 37.4 Å². The molecular weight excluding hydrogens is 456 g/mol. The molecule has 4 nitrogen and oxygen atoms in total. The highest BCUT2D eigenvalue weighted by atomic mass is 35.5. The third-order valence-corrected chi connectivity index (χ3v) is 6.36. The Labute approximate surface area is 214 Å². The van der Waals surface area contributed by atoms with Crippen molar-refractivity contribution in [1.82, 2.24) is 10.2 Å². The van der Waals surface area contributed by atoms with E-state index in [-0.39, 0.29) is 11.8 Å². The number of halogens is 1. The zero-order valence-corrected chi connectivity index (χ0v) is 21.4. The highest BCUT2D eigenvalue weighted by molar-refractivity contribution is 6.30. The summed E-state index contributed by atoms with van der Waals surface area (Å²) in [4.78, 5) is 28.7. The fraction of sp³-hybridized carbons (Fsp3) is 0.333. The monoisotopic (exact) mass is 490 g/mol. The van der Waals surface area contributed by atoms with Gasteiger partial charge in [-0.15, -0.1) is 0 Å². The van der Waals surface area contributed by atoms with Crippen LogP contribution in [0.4, 0.5) is 0 Å². The van der Waals surface area contributed by atoms with Crippen molar-refractivity contribution < 1.29 is 9.59 Å². The van der Waals surface area contributed by atoms with Crippen LogP contribution in [0.25, 0.3) is 0 Å². The van der Waals surface area contributed by atoms with Crippen LogP contribution in [0.5, 0.6) is 0 Å². The molecule has 0 saturated carbocycles. The van der Waals surface area contributed by atoms with Crippen molar-refractivity contribution in [1.29, 1.82) is 0 Å². The van der Waals surface area contributed by atoms with Gasteiger partial charge in [0.15, 0.2) is 0 Å². The van der Waals surface area contributed by atoms with Crippen molar-refractivity contribution in [2.75, 3.05) is 6.54 Å². The third kappa shape index (κ3) is 8.25. The van der Waals surface area contributed by atoms with Gasteiger partial charge in [-0.3, -0.25) is 9.59 Å². The number of nitrogens with zero attached hydrogens (tertiary/aromatic N) is 1. The first-order valence-corrected chi connectivity index (χ1v) is 12.8. The maximum Gasteiger partial charge on any atom is 0.243 e. The zero-order valence-electron chi connectivity index (χ0n) is 20.7. The van der Waals surface area contributed by atoms with Gasteiger partial charge in [-0.1, -0.05) is 92.2 Å². The molecule has 0 radical (unpaired) electrons. The molecule has 2 amide bonds. The molecular formula is C30H35ClN2O2. The highest BCUT2D eigenvalue weighted by Gasteiger charge is 2.30. The Bertz CT molecular complexity index is 1080. The molecule has 1 atom stereocenters. The number of hydrogen-bond acceptors (Lipinski definition) is 2. The van der Waals surface area contributed by atoms with Crippen molar-refractivity contribution in [2.24, 2.45) is 0 Å². The fourth-order valence-corrected chi connectivity index (χ4v) is 4.30. The van der Waals surface area contributed by atoms with Gasteiger partial charge in [0.2, 0.25) is 11.8 Å². The summed E-state index contributed by atoms with van der Waals surface area (Å²) in [7, 11) is 0. The van der Waals surface area contributed by atoms with E-state index in [1.165, 1.54) is 5.56 Å². The van der Waals surface area contributed by atoms with E-state index in [1.54, 1.807) is 4.90 Å². The molecule has 35 heavy (non-hydrogen) atoms. The zero-order chi connectivity index (χ0) is 25.0. The molecule has 3 aromatic rings. The molecule has 0 spiro atoms. The Morgan fingerprint density at radius 1 is 0.857 bits per heavy atom. The van der Waals surface area contributed by atoms with E-state index in [2.05, 4.69) is 36.5 Å². The molecule has 0 saturated heterocycles. The standard InChI is InChI=1S/C30H35ClN2O2/c1-3-19-32-30(35)28(21-25-9-6-5-7-10-25)33(22-26-11-8-12-27(31)20-26)29(34)18-17-24-15-13-23(4-2)14-16-24/h5-16,20,28H,3-4,17-19,21-22H2,1-2H3,(H,32,35)/t28-/m1/s1. The van der Waals surface area contributed by atoms with Crippen LogP contribution in [0.3, 0.4) is 0 Å². The topological polar surface area (TPSA) is 49.4 Å². The minimum Gasteiger partial charge on any atom is -0.354 e. The van der Waals surface area contributed by atoms with Crippen LogP contribution in [0.2, 0.25) is 5.02 Å². The quantitative estimate of drug-likeness (QED) is 0.338. The predicted molar refractivity (Wildman–Crippen MR) is 143 cm³/mol. The molecule has 0 aromatic heterocycles. The van der Waals surface area contributed by atoms with Crippen molar-refractivity contribution in [3.8, 4) is 0 Å². The van der Waals surface area contributed by atoms with E-state index < -0.39 is 6.04 Å². The summed E-state index contributed by atoms with van der Waals surface area (Å²) in [5.74, 6) is -0.171. The van der Waals surface area contributed by atoms with Gasteiger partial charge in [0.25, 0.3) is 0 Å². The van der Waals surface area contributed by atoms with Crippen molar-refractivity contribution >= 4 is 23.4 Å². The van der Waals surface area contributed by atoms with Crippen LogP contribution in [-0.4, -0.2) is 29.3 Å². The number of carbonyl (C=O) groups is 2. The van der Waals surface area contributed by atoms with E-state index >= 15 is 0 Å². The average Bonchev–Trinajstić information content (AvgIpc) is 2.88. The number of carbonyl (C=O) groups excluding carboxylic acids is 2. The number of rotatable bonds is 12. The minimum atomic E-state index is -0.613. The Morgan fingerprint density at radius 2 is 1.54 bits per heavy atom. The largest absolute Gasteiger partial charge is 0.354 e. The fourth-order valence-electron chi connectivity index (χ4n) is 4.09. The lowest BCUT2D eigenvalue weighted by Crippen LogP contribution is -2.50. The van der Waals surface area contributed by atoms with Crippen molar-refractivity contribution in [2.45, 2.75) is 58.5 Å². The SMILES string of the molecule is CCCNC(=O)[C@@H](Cc1ccccc1)N(Cc1cccc(Cl)c1)C(=O)CCc1ccc(CC)cc1. The van der Waals surface area contributed by atoms with Crippen molar-refractivity contribution in [3.05, 3.63) is 106 Å². The molecule has 0 aliphatic carbocycles. The van der Waals surface area contributed by atoms with Crippen LogP contribution in [0, 0.1) is 0 Å². The first kappa shape index (κ1) is 26.5. The summed E-state index contributed by atoms with van der Waals surface area (Å²) in [6.45, 7) is 5.05. The third-order valence-electron chi connectivity index (χ3n) is 6.12. The molecule has 0 aliphatic rings. The Balaban J connectivity index is 1.87. The lowest BCUT2D eigenvalue weighted by Gasteiger charge is -2.31. The molecule has 3 rings (SSSR count). The lowest BCUT2D eigenvalue weighted by molar-refractivity contribution is -0.141. The first-order valence-electron chi connectivity index (χ1n) is 12.4. The van der Waals surface area contributed by atoms with Crippen LogP contribution in [-0.2, 0) is 35.4 Å². The van der Waals surface area contributed by atoms with Crippen LogP contribution in [0.1, 0.15) is 48.9 Å². The van der Waals surface area contributed by atoms with Gasteiger partial charge < -0.3 is 10.2 Å². The van der Waals surface area contributed by atoms with Crippen LogP contribution < -0.4 is 5.32 Å². The second-order valence-electron chi connectivity index (χ2n) is 8.82. The van der Waals surface area contributed by atoms with Gasteiger partial charge in [0, 0.05) is 31.0 Å². The second kappa shape index (κ2) is 13.7. The van der Waals surface area contributed by atoms with E-state index in [4.69, 9.17) is 11.6 Å². The van der Waals surface area contributed by atoms with Crippen LogP contribution >= 0.6 is 11.6 Å². The maximum absolute atomic E-state index is 13.7. The van der Waals surface area contributed by atoms with Gasteiger partial charge in [0.05, 0.1) is 0 Å². The lowest BCUT2D eigenvalue weighted by atomic mass is 10.0. The molecule has 3 aromatic carbocycles. The smallest absolute Gasteiger partial charge is 0.243 e. The van der Waals surface area contributed by atoms with Crippen molar-refractivity contribution in [3.63, 3.8) is 0 Å². The van der Waals surface area contributed by atoms with Gasteiger partial charge in [-0.2, -0.15) is 0 Å². The van der Waals surface area contributed by atoms with Crippen LogP contribution in [0.15, 0.2) is 78.9 Å². The molecule has 0 bridgehead atoms. The van der Waals surface area contributed by atoms with E-state index in [1.807, 2.05) is 61.5 Å². The average molecular weight is 491 g/mol. The number of aryl methyl sites for hydroxylation is 2. The molecule has 0 heterocycles. The van der Waals surface area contributed by atoms with E-state index in [0.717, 1.165) is 29.5 Å². The van der Waals surface area contributed by atoms with Gasteiger partial charge >= 0.3 is 0 Å². The second-order valence-corrected chi connectivity index (χ2v) is 9.25. The number of nitrogens with one attached hydrogen (secondary N) is 1. The van der Waals surface area contributed by atoms with Gasteiger partial charge in [0.1, 0.15) is 6.04 Å². The predicted octanol–water partition coefficient (Wildman–Crippen LogP) is 6.00. The molecule has 0 unspecified atom stereocenters. The molecule has 1 N–H and O–H groups in total. The number of hydrogen-bond donors (Lipinski definition) is 1. The number of benzene rings is 3. The highest BCUT2D eigenvalue weighted by Crippen LogP contribution is 2.19.